The van der Waals surface area contributed by atoms with Gasteiger partial charge in [-0.1, -0.05) is 6.07 Å². The zero-order valence-corrected chi connectivity index (χ0v) is 9.53. The lowest BCUT2D eigenvalue weighted by Crippen LogP contribution is -2.31. The van der Waals surface area contributed by atoms with Crippen LogP contribution in [0.2, 0.25) is 0 Å². The second-order valence-corrected chi connectivity index (χ2v) is 4.22. The predicted molar refractivity (Wildman–Crippen MR) is 62.1 cm³/mol. The van der Waals surface area contributed by atoms with Crippen molar-refractivity contribution in [2.45, 2.75) is 31.3 Å². The molecule has 0 heterocycles. The fourth-order valence-corrected chi connectivity index (χ4v) is 1.57. The van der Waals surface area contributed by atoms with Gasteiger partial charge < -0.3 is 4.74 Å². The molecule has 1 aliphatic rings. The van der Waals surface area contributed by atoms with Crippen LogP contribution < -0.4 is 10.1 Å². The standard InChI is InChI=1S/C13H15FN2O/c14-10-2-1-3-13(8-10)17-7-6-12(9-15)16-11-4-5-11/h1-3,8,11-12,16H,4-7H2. The number of nitriles is 1. The molecule has 1 saturated carbocycles. The van der Waals surface area contributed by atoms with Crippen LogP contribution in [-0.2, 0) is 0 Å². The maximum absolute atomic E-state index is 12.9. The molecule has 1 unspecified atom stereocenters. The molecule has 0 aromatic heterocycles. The van der Waals surface area contributed by atoms with E-state index in [2.05, 4.69) is 11.4 Å². The monoisotopic (exact) mass is 234 g/mol. The second kappa shape index (κ2) is 5.65. The Bertz CT molecular complexity index is 412. The van der Waals surface area contributed by atoms with Gasteiger partial charge in [0.05, 0.1) is 18.7 Å². The minimum absolute atomic E-state index is 0.170. The van der Waals surface area contributed by atoms with E-state index in [0.29, 0.717) is 24.8 Å². The minimum atomic E-state index is -0.310. The Hall–Kier alpha value is -1.60. The summed E-state index contributed by atoms with van der Waals surface area (Å²) in [6, 6.07) is 8.57. The minimum Gasteiger partial charge on any atom is -0.493 e. The molecule has 1 atom stereocenters. The highest BCUT2D eigenvalue weighted by Gasteiger charge is 2.24. The number of nitrogens with zero attached hydrogens (tertiary/aromatic N) is 1. The first-order chi connectivity index (χ1) is 8.28. The van der Waals surface area contributed by atoms with Crippen molar-refractivity contribution >= 4 is 0 Å². The largest absolute Gasteiger partial charge is 0.493 e. The Kier molecular flexibility index (Phi) is 3.94. The average Bonchev–Trinajstić information content (AvgIpc) is 3.12. The second-order valence-electron chi connectivity index (χ2n) is 4.22. The lowest BCUT2D eigenvalue weighted by Gasteiger charge is -2.11. The molecule has 1 fully saturated rings. The molecular formula is C13H15FN2O. The number of hydrogen-bond acceptors (Lipinski definition) is 3. The third kappa shape index (κ3) is 4.04. The molecule has 1 aliphatic carbocycles. The van der Waals surface area contributed by atoms with Gasteiger partial charge in [-0.05, 0) is 25.0 Å². The summed E-state index contributed by atoms with van der Waals surface area (Å²) in [5.41, 5.74) is 0. The molecule has 4 heteroatoms. The van der Waals surface area contributed by atoms with E-state index in [1.165, 1.54) is 12.1 Å². The van der Waals surface area contributed by atoms with Gasteiger partial charge in [0.15, 0.2) is 0 Å². The van der Waals surface area contributed by atoms with Crippen LogP contribution in [0.15, 0.2) is 24.3 Å². The summed E-state index contributed by atoms with van der Waals surface area (Å²) in [6.07, 6.45) is 2.93. The predicted octanol–water partition coefficient (Wildman–Crippen LogP) is 2.24. The zero-order valence-electron chi connectivity index (χ0n) is 9.53. The first kappa shape index (κ1) is 11.9. The van der Waals surface area contributed by atoms with Crippen molar-refractivity contribution in [3.05, 3.63) is 30.1 Å². The van der Waals surface area contributed by atoms with Crippen molar-refractivity contribution in [3.8, 4) is 11.8 Å². The Morgan fingerprint density at radius 2 is 2.35 bits per heavy atom. The van der Waals surface area contributed by atoms with E-state index in [1.54, 1.807) is 12.1 Å². The number of nitrogens with one attached hydrogen (secondary N) is 1. The topological polar surface area (TPSA) is 45.0 Å². The molecule has 17 heavy (non-hydrogen) atoms. The molecule has 0 spiro atoms. The summed E-state index contributed by atoms with van der Waals surface area (Å²) in [7, 11) is 0. The van der Waals surface area contributed by atoms with Crippen molar-refractivity contribution in [2.24, 2.45) is 0 Å². The van der Waals surface area contributed by atoms with Crippen LogP contribution in [0, 0.1) is 17.1 Å². The van der Waals surface area contributed by atoms with Crippen molar-refractivity contribution in [3.63, 3.8) is 0 Å². The maximum atomic E-state index is 12.9. The van der Waals surface area contributed by atoms with Crippen LogP contribution in [0.25, 0.3) is 0 Å². The van der Waals surface area contributed by atoms with E-state index >= 15 is 0 Å². The van der Waals surface area contributed by atoms with Crippen LogP contribution in [0.5, 0.6) is 5.75 Å². The Balaban J connectivity index is 1.72. The number of halogens is 1. The summed E-state index contributed by atoms with van der Waals surface area (Å²) in [5.74, 6) is 0.198. The quantitative estimate of drug-likeness (QED) is 0.821. The summed E-state index contributed by atoms with van der Waals surface area (Å²) < 4.78 is 18.2. The van der Waals surface area contributed by atoms with Gasteiger partial charge in [0.25, 0.3) is 0 Å². The van der Waals surface area contributed by atoms with Gasteiger partial charge >= 0.3 is 0 Å². The molecule has 0 aliphatic heterocycles. The fraction of sp³-hybridized carbons (Fsp3) is 0.462. The van der Waals surface area contributed by atoms with Gasteiger partial charge in [0, 0.05) is 18.5 Å². The lowest BCUT2D eigenvalue weighted by molar-refractivity contribution is 0.296. The third-order valence-corrected chi connectivity index (χ3v) is 2.64. The highest BCUT2D eigenvalue weighted by atomic mass is 19.1. The SMILES string of the molecule is N#CC(CCOc1cccc(F)c1)NC1CC1. The summed E-state index contributed by atoms with van der Waals surface area (Å²) in [6.45, 7) is 0.418. The van der Waals surface area contributed by atoms with Crippen LogP contribution >= 0.6 is 0 Å². The van der Waals surface area contributed by atoms with E-state index in [1.807, 2.05) is 0 Å². The van der Waals surface area contributed by atoms with E-state index < -0.39 is 0 Å². The van der Waals surface area contributed by atoms with Crippen molar-refractivity contribution < 1.29 is 9.13 Å². The average molecular weight is 234 g/mol. The molecule has 0 saturated heterocycles. The van der Waals surface area contributed by atoms with Gasteiger partial charge in [-0.3, -0.25) is 5.32 Å². The number of ether oxygens (including phenoxy) is 1. The van der Waals surface area contributed by atoms with Gasteiger partial charge in [-0.2, -0.15) is 5.26 Å². The Labute approximate surface area is 100 Å². The van der Waals surface area contributed by atoms with Crippen molar-refractivity contribution in [1.29, 1.82) is 5.26 Å². The van der Waals surface area contributed by atoms with Gasteiger partial charge in [0.1, 0.15) is 11.6 Å². The van der Waals surface area contributed by atoms with Crippen molar-refractivity contribution in [1.82, 2.24) is 5.32 Å². The molecule has 0 amide bonds. The van der Waals surface area contributed by atoms with E-state index in [-0.39, 0.29) is 11.9 Å². The summed E-state index contributed by atoms with van der Waals surface area (Å²) in [5, 5.41) is 12.1. The van der Waals surface area contributed by atoms with Crippen molar-refractivity contribution in [2.75, 3.05) is 6.61 Å². The van der Waals surface area contributed by atoms with E-state index in [0.717, 1.165) is 12.8 Å². The number of rotatable bonds is 6. The van der Waals surface area contributed by atoms with E-state index in [9.17, 15) is 4.39 Å². The van der Waals surface area contributed by atoms with Gasteiger partial charge in [-0.25, -0.2) is 4.39 Å². The fourth-order valence-electron chi connectivity index (χ4n) is 1.57. The van der Waals surface area contributed by atoms with Gasteiger partial charge in [-0.15, -0.1) is 0 Å². The molecule has 2 rings (SSSR count). The van der Waals surface area contributed by atoms with E-state index in [4.69, 9.17) is 10.00 Å². The lowest BCUT2D eigenvalue weighted by atomic mass is 10.2. The molecule has 3 nitrogen and oxygen atoms in total. The van der Waals surface area contributed by atoms with Crippen LogP contribution in [0.4, 0.5) is 4.39 Å². The molecular weight excluding hydrogens is 219 g/mol. The molecule has 1 N–H and O–H groups in total. The zero-order chi connectivity index (χ0) is 12.1. The van der Waals surface area contributed by atoms with Crippen LogP contribution in [-0.4, -0.2) is 18.7 Å². The Morgan fingerprint density at radius 3 is 3.00 bits per heavy atom. The highest BCUT2D eigenvalue weighted by molar-refractivity contribution is 5.22. The van der Waals surface area contributed by atoms with Gasteiger partial charge in [0.2, 0.25) is 0 Å². The summed E-state index contributed by atoms with van der Waals surface area (Å²) >= 11 is 0. The number of hydrogen-bond donors (Lipinski definition) is 1. The first-order valence-corrected chi connectivity index (χ1v) is 5.82. The molecule has 0 bridgehead atoms. The third-order valence-electron chi connectivity index (χ3n) is 2.64. The highest BCUT2D eigenvalue weighted by Crippen LogP contribution is 2.20. The molecule has 0 radical (unpaired) electrons. The molecule has 90 valence electrons. The van der Waals surface area contributed by atoms with Crippen LogP contribution in [0.3, 0.4) is 0 Å². The maximum Gasteiger partial charge on any atom is 0.126 e. The smallest absolute Gasteiger partial charge is 0.126 e. The Morgan fingerprint density at radius 1 is 1.53 bits per heavy atom. The summed E-state index contributed by atoms with van der Waals surface area (Å²) in [4.78, 5) is 0. The van der Waals surface area contributed by atoms with Crippen LogP contribution in [0.1, 0.15) is 19.3 Å². The molecule has 1 aromatic carbocycles. The number of benzene rings is 1. The molecule has 1 aromatic rings. The first-order valence-electron chi connectivity index (χ1n) is 5.82. The normalized spacial score (nSPS) is 16.2.